The fourth-order valence-electron chi connectivity index (χ4n) is 1.08. The second-order valence-electron chi connectivity index (χ2n) is 2.75. The molecule has 0 N–H and O–H groups in total. The lowest BCUT2D eigenvalue weighted by atomic mass is 9.95. The maximum absolute atomic E-state index is 12.3. The number of dihydropyridines is 1. The van der Waals surface area contributed by atoms with Crippen LogP contribution in [0.15, 0.2) is 16.6 Å². The topological polar surface area (TPSA) is 53.2 Å². The normalized spacial score (nSPS) is 22.5. The fourth-order valence-corrected chi connectivity index (χ4v) is 1.08. The van der Waals surface area contributed by atoms with Crippen LogP contribution in [0.4, 0.5) is 13.2 Å². The van der Waals surface area contributed by atoms with Crippen molar-refractivity contribution >= 4 is 11.6 Å². The molecule has 0 bridgehead atoms. The molecule has 1 rings (SSSR count). The van der Waals surface area contributed by atoms with Gasteiger partial charge in [-0.15, -0.1) is 0 Å². The summed E-state index contributed by atoms with van der Waals surface area (Å²) < 4.78 is 36.9. The summed E-state index contributed by atoms with van der Waals surface area (Å²) in [4.78, 5) is 14.2. The Morgan fingerprint density at radius 3 is 2.57 bits per heavy atom. The van der Waals surface area contributed by atoms with Crippen LogP contribution in [0.2, 0.25) is 0 Å². The highest BCUT2D eigenvalue weighted by Crippen LogP contribution is 2.33. The number of allylic oxidation sites excluding steroid dienone is 1. The molecule has 1 heterocycles. The van der Waals surface area contributed by atoms with Crippen LogP contribution in [0.5, 0.6) is 0 Å². The van der Waals surface area contributed by atoms with Crippen LogP contribution in [0.25, 0.3) is 0 Å². The van der Waals surface area contributed by atoms with E-state index in [1.165, 1.54) is 13.0 Å². The largest absolute Gasteiger partial charge is 0.414 e. The number of hydrogen-bond donors (Lipinski definition) is 0. The van der Waals surface area contributed by atoms with Crippen molar-refractivity contribution < 1.29 is 18.0 Å². The van der Waals surface area contributed by atoms with Gasteiger partial charge in [0, 0.05) is 5.71 Å². The molecule has 14 heavy (non-hydrogen) atoms. The lowest BCUT2D eigenvalue weighted by Gasteiger charge is -2.17. The third-order valence-electron chi connectivity index (χ3n) is 1.67. The van der Waals surface area contributed by atoms with Gasteiger partial charge in [-0.25, -0.2) is 4.99 Å². The van der Waals surface area contributed by atoms with Gasteiger partial charge in [0.15, 0.2) is 5.92 Å². The number of amides is 1. The molecule has 0 spiro atoms. The molecule has 74 valence electrons. The van der Waals surface area contributed by atoms with Gasteiger partial charge in [0.2, 0.25) is 0 Å². The van der Waals surface area contributed by atoms with Gasteiger partial charge in [-0.2, -0.15) is 18.4 Å². The van der Waals surface area contributed by atoms with Crippen molar-refractivity contribution in [3.05, 3.63) is 11.6 Å². The number of aliphatic imine (C=N–C) groups is 1. The second-order valence-corrected chi connectivity index (χ2v) is 2.75. The van der Waals surface area contributed by atoms with Crippen molar-refractivity contribution in [3.63, 3.8) is 0 Å². The number of alkyl halides is 3. The van der Waals surface area contributed by atoms with Crippen LogP contribution < -0.4 is 0 Å². The molecule has 1 unspecified atom stereocenters. The molecule has 0 aliphatic carbocycles. The van der Waals surface area contributed by atoms with Crippen LogP contribution in [-0.4, -0.2) is 17.8 Å². The summed E-state index contributed by atoms with van der Waals surface area (Å²) in [6.07, 6.45) is -3.94. The van der Waals surface area contributed by atoms with E-state index in [4.69, 9.17) is 5.26 Å². The maximum Gasteiger partial charge on any atom is 0.414 e. The highest BCUT2D eigenvalue weighted by atomic mass is 19.4. The first-order chi connectivity index (χ1) is 6.36. The Bertz CT molecular complexity index is 373. The van der Waals surface area contributed by atoms with Gasteiger partial charge in [-0.1, -0.05) is 0 Å². The zero-order chi connectivity index (χ0) is 10.9. The maximum atomic E-state index is 12.3. The predicted molar refractivity (Wildman–Crippen MR) is 41.4 cm³/mol. The number of halogens is 3. The molecule has 0 saturated heterocycles. The van der Waals surface area contributed by atoms with E-state index in [0.717, 1.165) is 6.08 Å². The average Bonchev–Trinajstić information content (AvgIpc) is 2.01. The summed E-state index contributed by atoms with van der Waals surface area (Å²) in [5.41, 5.74) is -1.17. The van der Waals surface area contributed by atoms with Gasteiger partial charge in [0.1, 0.15) is 0 Å². The predicted octanol–water partition coefficient (Wildman–Crippen LogP) is 1.62. The van der Waals surface area contributed by atoms with Crippen molar-refractivity contribution in [3.8, 4) is 6.07 Å². The molecule has 0 aromatic heterocycles. The summed E-state index contributed by atoms with van der Waals surface area (Å²) in [5.74, 6) is -2.88. The molecule has 3 nitrogen and oxygen atoms in total. The smallest absolute Gasteiger partial charge is 0.271 e. The van der Waals surface area contributed by atoms with Crippen molar-refractivity contribution in [2.75, 3.05) is 0 Å². The number of hydrogen-bond acceptors (Lipinski definition) is 2. The van der Waals surface area contributed by atoms with Gasteiger partial charge in [-0.3, -0.25) is 4.79 Å². The summed E-state index contributed by atoms with van der Waals surface area (Å²) in [5, 5.41) is 8.40. The first-order valence-corrected chi connectivity index (χ1v) is 3.64. The quantitative estimate of drug-likeness (QED) is 0.599. The second kappa shape index (κ2) is 3.25. The zero-order valence-corrected chi connectivity index (χ0v) is 7.09. The van der Waals surface area contributed by atoms with Gasteiger partial charge >= 0.3 is 6.18 Å². The molecule has 0 aromatic rings. The first kappa shape index (κ1) is 10.4. The molecule has 1 aliphatic heterocycles. The Balaban J connectivity index is 3.20. The first-order valence-electron chi connectivity index (χ1n) is 3.64. The van der Waals surface area contributed by atoms with E-state index in [2.05, 4.69) is 4.99 Å². The van der Waals surface area contributed by atoms with Crippen LogP contribution in [0.1, 0.15) is 6.92 Å². The molecule has 0 fully saturated rings. The number of carbonyl (C=O) groups excluding carboxylic acids is 1. The Morgan fingerprint density at radius 2 is 2.14 bits per heavy atom. The van der Waals surface area contributed by atoms with Crippen LogP contribution in [0.3, 0.4) is 0 Å². The SMILES string of the molecule is CC1=NC(=O)C(C#N)C(C(F)(F)F)=C1. The Hall–Kier alpha value is -1.64. The molecule has 1 atom stereocenters. The van der Waals surface area contributed by atoms with Gasteiger partial charge < -0.3 is 0 Å². The Morgan fingerprint density at radius 1 is 1.57 bits per heavy atom. The third kappa shape index (κ3) is 1.82. The molecular formula is C8H5F3N2O. The van der Waals surface area contributed by atoms with E-state index in [1.807, 2.05) is 0 Å². The summed E-state index contributed by atoms with van der Waals surface area (Å²) in [6.45, 7) is 1.28. The molecule has 0 saturated carbocycles. The van der Waals surface area contributed by atoms with Crippen LogP contribution in [-0.2, 0) is 4.79 Å². The third-order valence-corrected chi connectivity index (χ3v) is 1.67. The monoisotopic (exact) mass is 202 g/mol. The molecule has 1 amide bonds. The minimum absolute atomic E-state index is 0.0335. The van der Waals surface area contributed by atoms with E-state index in [-0.39, 0.29) is 5.71 Å². The molecular weight excluding hydrogens is 197 g/mol. The Labute approximate surface area is 77.5 Å². The standard InChI is InChI=1S/C8H5F3N2O/c1-4-2-6(8(9,10)11)5(3-12)7(14)13-4/h2,5H,1H3. The fraction of sp³-hybridized carbons (Fsp3) is 0.375. The summed E-state index contributed by atoms with van der Waals surface area (Å²) >= 11 is 0. The molecule has 0 aromatic carbocycles. The highest BCUT2D eigenvalue weighted by molar-refractivity contribution is 6.06. The Kier molecular flexibility index (Phi) is 2.43. The lowest BCUT2D eigenvalue weighted by molar-refractivity contribution is -0.125. The average molecular weight is 202 g/mol. The van der Waals surface area contributed by atoms with E-state index >= 15 is 0 Å². The van der Waals surface area contributed by atoms with Gasteiger partial charge in [-0.05, 0) is 13.0 Å². The van der Waals surface area contributed by atoms with E-state index < -0.39 is 23.6 Å². The van der Waals surface area contributed by atoms with E-state index in [1.54, 1.807) is 0 Å². The van der Waals surface area contributed by atoms with Crippen LogP contribution >= 0.6 is 0 Å². The van der Waals surface area contributed by atoms with Crippen molar-refractivity contribution in [1.29, 1.82) is 5.26 Å². The van der Waals surface area contributed by atoms with Gasteiger partial charge in [0.25, 0.3) is 5.91 Å². The number of carbonyl (C=O) groups is 1. The molecule has 1 aliphatic rings. The number of nitriles is 1. The van der Waals surface area contributed by atoms with Crippen molar-refractivity contribution in [1.82, 2.24) is 0 Å². The van der Waals surface area contributed by atoms with E-state index in [9.17, 15) is 18.0 Å². The van der Waals surface area contributed by atoms with Gasteiger partial charge in [0.05, 0.1) is 11.6 Å². The number of nitrogens with zero attached hydrogens (tertiary/aromatic N) is 2. The van der Waals surface area contributed by atoms with E-state index in [0.29, 0.717) is 0 Å². The van der Waals surface area contributed by atoms with Crippen molar-refractivity contribution in [2.45, 2.75) is 13.1 Å². The number of rotatable bonds is 0. The summed E-state index contributed by atoms with van der Waals surface area (Å²) in [7, 11) is 0. The van der Waals surface area contributed by atoms with Crippen molar-refractivity contribution in [2.24, 2.45) is 10.9 Å². The molecule has 0 radical (unpaired) electrons. The zero-order valence-electron chi connectivity index (χ0n) is 7.09. The molecule has 6 heteroatoms. The van der Waals surface area contributed by atoms with Crippen LogP contribution in [0, 0.1) is 17.2 Å². The highest BCUT2D eigenvalue weighted by Gasteiger charge is 2.43. The lowest BCUT2D eigenvalue weighted by Crippen LogP contribution is -2.28. The summed E-state index contributed by atoms with van der Waals surface area (Å²) in [6, 6.07) is 1.29. The minimum Gasteiger partial charge on any atom is -0.271 e. The minimum atomic E-state index is -4.66.